The summed E-state index contributed by atoms with van der Waals surface area (Å²) in [5, 5.41) is 11.5. The number of pyridine rings is 1. The summed E-state index contributed by atoms with van der Waals surface area (Å²) in [5.41, 5.74) is 0.325. The van der Waals surface area contributed by atoms with Gasteiger partial charge in [0.05, 0.1) is 12.9 Å². The van der Waals surface area contributed by atoms with Gasteiger partial charge in [-0.05, 0) is 37.3 Å². The van der Waals surface area contributed by atoms with Gasteiger partial charge in [-0.25, -0.2) is 13.4 Å². The highest BCUT2D eigenvalue weighted by Gasteiger charge is 2.26. The van der Waals surface area contributed by atoms with Crippen molar-refractivity contribution in [2.75, 3.05) is 48.7 Å². The predicted molar refractivity (Wildman–Crippen MR) is 102 cm³/mol. The molecule has 0 radical (unpaired) electrons. The molecule has 2 rings (SSSR count). The minimum atomic E-state index is -3.50. The largest absolute Gasteiger partial charge is 0.395 e. The summed E-state index contributed by atoms with van der Waals surface area (Å²) < 4.78 is 24.9. The topological polar surface area (TPSA) is 103 Å². The van der Waals surface area contributed by atoms with Gasteiger partial charge in [0.15, 0.2) is 0 Å². The van der Waals surface area contributed by atoms with Gasteiger partial charge in [0, 0.05) is 32.2 Å². The lowest BCUT2D eigenvalue weighted by molar-refractivity contribution is 0.0944. The first-order valence-electron chi connectivity index (χ1n) is 8.86. The van der Waals surface area contributed by atoms with Crippen LogP contribution in [0.15, 0.2) is 12.1 Å². The summed E-state index contributed by atoms with van der Waals surface area (Å²) in [7, 11) is -2.08. The van der Waals surface area contributed by atoms with Crippen LogP contribution in [-0.4, -0.2) is 64.0 Å². The third-order valence-corrected chi connectivity index (χ3v) is 5.45. The summed E-state index contributed by atoms with van der Waals surface area (Å²) in [6, 6.07) is 3.14. The molecule has 1 aromatic rings. The van der Waals surface area contributed by atoms with Crippen molar-refractivity contribution in [3.8, 4) is 0 Å². The Labute approximate surface area is 155 Å². The van der Waals surface area contributed by atoms with E-state index in [4.69, 9.17) is 5.11 Å². The third-order valence-electron chi connectivity index (χ3n) is 4.27. The van der Waals surface area contributed by atoms with Gasteiger partial charge in [0.2, 0.25) is 10.0 Å². The first kappa shape index (κ1) is 20.4. The summed E-state index contributed by atoms with van der Waals surface area (Å²) in [4.78, 5) is 19.0. The van der Waals surface area contributed by atoms with Crippen molar-refractivity contribution in [1.82, 2.24) is 10.3 Å². The van der Waals surface area contributed by atoms with Crippen LogP contribution in [0.1, 0.15) is 36.5 Å². The maximum absolute atomic E-state index is 12.4. The molecule has 0 spiro atoms. The van der Waals surface area contributed by atoms with E-state index in [0.717, 1.165) is 30.1 Å². The number of aromatic nitrogens is 1. The lowest BCUT2D eigenvalue weighted by Gasteiger charge is -2.26. The van der Waals surface area contributed by atoms with E-state index < -0.39 is 10.0 Å². The molecule has 0 unspecified atom stereocenters. The second-order valence-corrected chi connectivity index (χ2v) is 8.69. The standard InChI is InChI=1S/C17H28N4O4S/c1-4-8-21(12-13-5-6-13)16-11-14(17(23)18-7-9-22)10-15(19-16)20(2)26(3,24)25/h10-11,13,22H,4-9,12H2,1-3H3,(H,18,23). The Hall–Kier alpha value is -1.87. The number of anilines is 2. The van der Waals surface area contributed by atoms with Gasteiger partial charge in [-0.2, -0.15) is 0 Å². The Balaban J connectivity index is 2.42. The Morgan fingerprint density at radius 2 is 2.00 bits per heavy atom. The number of hydrogen-bond donors (Lipinski definition) is 2. The molecule has 1 aromatic heterocycles. The van der Waals surface area contributed by atoms with Crippen molar-refractivity contribution < 1.29 is 18.3 Å². The zero-order valence-electron chi connectivity index (χ0n) is 15.6. The minimum Gasteiger partial charge on any atom is -0.395 e. The number of carbonyl (C=O) groups excluding carboxylic acids is 1. The SMILES string of the molecule is CCCN(CC1CC1)c1cc(C(=O)NCCO)cc(N(C)S(C)(=O)=O)n1. The normalized spacial score (nSPS) is 14.2. The van der Waals surface area contributed by atoms with E-state index >= 15 is 0 Å². The molecule has 8 nitrogen and oxygen atoms in total. The molecule has 1 heterocycles. The number of amides is 1. The predicted octanol–water partition coefficient (Wildman–Crippen LogP) is 0.826. The van der Waals surface area contributed by atoms with Crippen LogP contribution in [0.3, 0.4) is 0 Å². The van der Waals surface area contributed by atoms with Gasteiger partial charge >= 0.3 is 0 Å². The average molecular weight is 385 g/mol. The monoisotopic (exact) mass is 384 g/mol. The van der Waals surface area contributed by atoms with Gasteiger partial charge in [-0.15, -0.1) is 0 Å². The molecule has 1 saturated carbocycles. The van der Waals surface area contributed by atoms with Gasteiger partial charge < -0.3 is 15.3 Å². The number of aliphatic hydroxyl groups is 1. The number of sulfonamides is 1. The molecule has 1 fully saturated rings. The molecule has 0 bridgehead atoms. The number of hydrogen-bond acceptors (Lipinski definition) is 6. The highest BCUT2D eigenvalue weighted by Crippen LogP contribution is 2.32. The molecule has 1 aliphatic rings. The van der Waals surface area contributed by atoms with E-state index in [1.807, 2.05) is 0 Å². The number of carbonyl (C=O) groups is 1. The fourth-order valence-corrected chi connectivity index (χ4v) is 3.01. The molecular weight excluding hydrogens is 356 g/mol. The van der Waals surface area contributed by atoms with Gasteiger partial charge in [-0.3, -0.25) is 9.10 Å². The van der Waals surface area contributed by atoms with E-state index in [2.05, 4.69) is 22.1 Å². The van der Waals surface area contributed by atoms with Crippen LogP contribution in [-0.2, 0) is 10.0 Å². The van der Waals surface area contributed by atoms with Crippen LogP contribution in [0.4, 0.5) is 11.6 Å². The molecule has 0 saturated heterocycles. The first-order valence-corrected chi connectivity index (χ1v) is 10.7. The van der Waals surface area contributed by atoms with Crippen LogP contribution in [0.2, 0.25) is 0 Å². The van der Waals surface area contributed by atoms with Crippen molar-refractivity contribution >= 4 is 27.6 Å². The van der Waals surface area contributed by atoms with E-state index in [1.165, 1.54) is 26.0 Å². The zero-order chi connectivity index (χ0) is 19.3. The minimum absolute atomic E-state index is 0.133. The summed E-state index contributed by atoms with van der Waals surface area (Å²) in [6.07, 6.45) is 4.40. The highest BCUT2D eigenvalue weighted by molar-refractivity contribution is 7.92. The Morgan fingerprint density at radius 3 is 2.54 bits per heavy atom. The number of rotatable bonds is 10. The molecule has 26 heavy (non-hydrogen) atoms. The lowest BCUT2D eigenvalue weighted by Crippen LogP contribution is -2.32. The molecule has 0 aliphatic heterocycles. The number of aliphatic hydroxyl groups excluding tert-OH is 1. The average Bonchev–Trinajstić information content (AvgIpc) is 3.41. The van der Waals surface area contributed by atoms with Gasteiger partial charge in [-0.1, -0.05) is 6.92 Å². The summed E-state index contributed by atoms with van der Waals surface area (Å²) in [6.45, 7) is 3.68. The Bertz CT molecular complexity index is 734. The molecule has 146 valence electrons. The van der Waals surface area contributed by atoms with Crippen LogP contribution in [0.5, 0.6) is 0 Å². The lowest BCUT2D eigenvalue weighted by atomic mass is 10.2. The zero-order valence-corrected chi connectivity index (χ0v) is 16.4. The van der Waals surface area contributed by atoms with Crippen molar-refractivity contribution in [3.05, 3.63) is 17.7 Å². The highest BCUT2D eigenvalue weighted by atomic mass is 32.2. The third kappa shape index (κ3) is 5.57. The molecule has 0 aromatic carbocycles. The molecule has 0 atom stereocenters. The summed E-state index contributed by atoms with van der Waals surface area (Å²) >= 11 is 0. The molecular formula is C17H28N4O4S. The van der Waals surface area contributed by atoms with E-state index in [0.29, 0.717) is 17.3 Å². The Kier molecular flexibility index (Phi) is 6.82. The number of nitrogens with zero attached hydrogens (tertiary/aromatic N) is 3. The van der Waals surface area contributed by atoms with Crippen LogP contribution in [0.25, 0.3) is 0 Å². The van der Waals surface area contributed by atoms with Crippen molar-refractivity contribution in [2.45, 2.75) is 26.2 Å². The molecule has 2 N–H and O–H groups in total. The summed E-state index contributed by atoms with van der Waals surface area (Å²) in [5.74, 6) is 1.07. The maximum Gasteiger partial charge on any atom is 0.251 e. The van der Waals surface area contributed by atoms with E-state index in [1.54, 1.807) is 6.07 Å². The van der Waals surface area contributed by atoms with Crippen molar-refractivity contribution in [3.63, 3.8) is 0 Å². The van der Waals surface area contributed by atoms with E-state index in [-0.39, 0.29) is 24.9 Å². The smallest absolute Gasteiger partial charge is 0.251 e. The van der Waals surface area contributed by atoms with Gasteiger partial charge in [0.1, 0.15) is 11.6 Å². The molecule has 9 heteroatoms. The van der Waals surface area contributed by atoms with Crippen molar-refractivity contribution in [1.29, 1.82) is 0 Å². The first-order chi connectivity index (χ1) is 12.3. The quantitative estimate of drug-likeness (QED) is 0.619. The second-order valence-electron chi connectivity index (χ2n) is 6.67. The second kappa shape index (κ2) is 8.68. The fraction of sp³-hybridized carbons (Fsp3) is 0.647. The fourth-order valence-electron chi connectivity index (χ4n) is 2.58. The van der Waals surface area contributed by atoms with Gasteiger partial charge in [0.25, 0.3) is 5.91 Å². The van der Waals surface area contributed by atoms with Crippen LogP contribution in [0, 0.1) is 5.92 Å². The number of nitrogens with one attached hydrogen (secondary N) is 1. The van der Waals surface area contributed by atoms with E-state index in [9.17, 15) is 13.2 Å². The van der Waals surface area contributed by atoms with Crippen LogP contribution < -0.4 is 14.5 Å². The van der Waals surface area contributed by atoms with Crippen LogP contribution >= 0.6 is 0 Å². The molecule has 1 amide bonds. The molecule has 1 aliphatic carbocycles. The Morgan fingerprint density at radius 1 is 1.35 bits per heavy atom. The maximum atomic E-state index is 12.4. The van der Waals surface area contributed by atoms with Crippen molar-refractivity contribution in [2.24, 2.45) is 5.92 Å².